The van der Waals surface area contributed by atoms with Crippen LogP contribution in [-0.2, 0) is 14.3 Å². The predicted molar refractivity (Wildman–Crippen MR) is 100 cm³/mol. The minimum absolute atomic E-state index is 0.324. The summed E-state index contributed by atoms with van der Waals surface area (Å²) in [7, 11) is 0. The van der Waals surface area contributed by atoms with Crippen LogP contribution in [0.1, 0.15) is 5.56 Å². The Morgan fingerprint density at radius 1 is 1.19 bits per heavy atom. The number of aromatic nitrogens is 1. The largest absolute Gasteiger partial charge is 0.490 e. The van der Waals surface area contributed by atoms with Crippen LogP contribution in [0, 0.1) is 0 Å². The van der Waals surface area contributed by atoms with Crippen LogP contribution < -0.4 is 10.1 Å². The lowest BCUT2D eigenvalue weighted by Crippen LogP contribution is -2.20. The molecule has 7 heteroatoms. The van der Waals surface area contributed by atoms with Gasteiger partial charge in [0.1, 0.15) is 18.2 Å². The maximum atomic E-state index is 11.7. The van der Waals surface area contributed by atoms with E-state index in [4.69, 9.17) is 21.1 Å². The van der Waals surface area contributed by atoms with E-state index < -0.39 is 18.5 Å². The Balaban J connectivity index is 1.76. The molecule has 0 saturated heterocycles. The molecule has 0 bridgehead atoms. The van der Waals surface area contributed by atoms with Crippen molar-refractivity contribution in [3.8, 4) is 5.75 Å². The highest BCUT2D eigenvalue weighted by Gasteiger charge is 2.06. The molecule has 0 fully saturated rings. The molecule has 0 aliphatic rings. The van der Waals surface area contributed by atoms with Crippen LogP contribution in [0.25, 0.3) is 6.08 Å². The number of pyridine rings is 1. The van der Waals surface area contributed by atoms with Gasteiger partial charge in [0.25, 0.3) is 5.91 Å². The zero-order valence-electron chi connectivity index (χ0n) is 13.9. The molecule has 0 aliphatic carbocycles. The Morgan fingerprint density at radius 3 is 2.62 bits per heavy atom. The van der Waals surface area contributed by atoms with Gasteiger partial charge in [0.2, 0.25) is 0 Å². The number of hydrogen-bond acceptors (Lipinski definition) is 5. The number of amides is 1. The van der Waals surface area contributed by atoms with E-state index in [-0.39, 0.29) is 0 Å². The van der Waals surface area contributed by atoms with Crippen molar-refractivity contribution in [2.24, 2.45) is 0 Å². The smallest absolute Gasteiger partial charge is 0.331 e. The molecular weight excluding hydrogens is 356 g/mol. The van der Waals surface area contributed by atoms with Gasteiger partial charge in [-0.25, -0.2) is 9.78 Å². The molecule has 1 aromatic carbocycles. The molecule has 0 spiro atoms. The third-order valence-electron chi connectivity index (χ3n) is 3.00. The van der Waals surface area contributed by atoms with Crippen LogP contribution in [0.15, 0.2) is 61.3 Å². The molecule has 0 aliphatic heterocycles. The highest BCUT2D eigenvalue weighted by Crippen LogP contribution is 2.13. The van der Waals surface area contributed by atoms with Crippen LogP contribution >= 0.6 is 11.6 Å². The molecule has 0 unspecified atom stereocenters. The summed E-state index contributed by atoms with van der Waals surface area (Å²) in [5.41, 5.74) is 0.794. The zero-order valence-corrected chi connectivity index (χ0v) is 14.6. The van der Waals surface area contributed by atoms with Gasteiger partial charge in [0.15, 0.2) is 6.61 Å². The number of nitrogens with one attached hydrogen (secondary N) is 1. The Bertz CT molecular complexity index is 786. The summed E-state index contributed by atoms with van der Waals surface area (Å²) >= 11 is 5.70. The monoisotopic (exact) mass is 372 g/mol. The zero-order chi connectivity index (χ0) is 18.8. The fraction of sp³-hybridized carbons (Fsp3) is 0.105. The number of anilines is 1. The summed E-state index contributed by atoms with van der Waals surface area (Å²) in [5.74, 6) is -0.0941. The number of rotatable bonds is 8. The first-order valence-electron chi connectivity index (χ1n) is 7.67. The van der Waals surface area contributed by atoms with Gasteiger partial charge in [-0.05, 0) is 35.9 Å². The SMILES string of the molecule is C=CCOc1ccc(/C=C/C(=O)OCC(=O)Nc2ccc(Cl)cn2)cc1. The summed E-state index contributed by atoms with van der Waals surface area (Å²) in [6.45, 7) is 3.58. The van der Waals surface area contributed by atoms with Crippen LogP contribution in [0.5, 0.6) is 5.75 Å². The van der Waals surface area contributed by atoms with E-state index in [1.807, 2.05) is 0 Å². The highest BCUT2D eigenvalue weighted by atomic mass is 35.5. The van der Waals surface area contributed by atoms with Crippen molar-refractivity contribution in [1.29, 1.82) is 0 Å². The first-order valence-corrected chi connectivity index (χ1v) is 8.04. The van der Waals surface area contributed by atoms with Gasteiger partial charge in [-0.3, -0.25) is 4.79 Å². The van der Waals surface area contributed by atoms with Crippen molar-refractivity contribution in [3.05, 3.63) is 71.9 Å². The van der Waals surface area contributed by atoms with E-state index in [0.717, 1.165) is 5.56 Å². The first kappa shape index (κ1) is 19.2. The van der Waals surface area contributed by atoms with E-state index in [1.54, 1.807) is 48.6 Å². The molecular formula is C19H17ClN2O4. The van der Waals surface area contributed by atoms with Gasteiger partial charge < -0.3 is 14.8 Å². The van der Waals surface area contributed by atoms with E-state index in [9.17, 15) is 9.59 Å². The highest BCUT2D eigenvalue weighted by molar-refractivity contribution is 6.30. The Hall–Kier alpha value is -3.12. The van der Waals surface area contributed by atoms with Crippen molar-refractivity contribution >= 4 is 35.4 Å². The Morgan fingerprint density at radius 2 is 1.96 bits per heavy atom. The molecule has 1 heterocycles. The summed E-state index contributed by atoms with van der Waals surface area (Å²) in [5, 5.41) is 2.95. The number of hydrogen-bond donors (Lipinski definition) is 1. The number of halogens is 1. The average molecular weight is 373 g/mol. The summed E-state index contributed by atoms with van der Waals surface area (Å²) < 4.78 is 10.2. The molecule has 1 N–H and O–H groups in total. The topological polar surface area (TPSA) is 77.5 Å². The Kier molecular flexibility index (Phi) is 7.39. The molecule has 0 atom stereocenters. The molecule has 0 radical (unpaired) electrons. The minimum Gasteiger partial charge on any atom is -0.490 e. The van der Waals surface area contributed by atoms with Crippen molar-refractivity contribution in [1.82, 2.24) is 4.98 Å². The lowest BCUT2D eigenvalue weighted by molar-refractivity contribution is -0.142. The lowest BCUT2D eigenvalue weighted by Gasteiger charge is -2.04. The number of carbonyl (C=O) groups is 2. The average Bonchev–Trinajstić information content (AvgIpc) is 2.65. The van der Waals surface area contributed by atoms with Crippen LogP contribution in [0.4, 0.5) is 5.82 Å². The summed E-state index contributed by atoms with van der Waals surface area (Å²) in [6, 6.07) is 10.3. The van der Waals surface area contributed by atoms with Crippen molar-refractivity contribution in [2.75, 3.05) is 18.5 Å². The number of ether oxygens (including phenoxy) is 2. The van der Waals surface area contributed by atoms with E-state index in [2.05, 4.69) is 16.9 Å². The van der Waals surface area contributed by atoms with Crippen LogP contribution in [0.2, 0.25) is 5.02 Å². The standard InChI is InChI=1S/C19H17ClN2O4/c1-2-11-25-16-7-3-14(4-8-16)5-10-19(24)26-13-18(23)22-17-9-6-15(20)12-21-17/h2-10,12H,1,11,13H2,(H,21,22,23)/b10-5+. The summed E-state index contributed by atoms with van der Waals surface area (Å²) in [4.78, 5) is 27.3. The maximum absolute atomic E-state index is 11.7. The molecule has 26 heavy (non-hydrogen) atoms. The quantitative estimate of drug-likeness (QED) is 0.436. The van der Waals surface area contributed by atoms with Gasteiger partial charge in [-0.15, -0.1) is 0 Å². The minimum atomic E-state index is -0.629. The van der Waals surface area contributed by atoms with E-state index in [1.165, 1.54) is 12.3 Å². The van der Waals surface area contributed by atoms with E-state index in [0.29, 0.717) is 23.2 Å². The third kappa shape index (κ3) is 6.78. The van der Waals surface area contributed by atoms with Gasteiger partial charge in [-0.2, -0.15) is 0 Å². The number of carbonyl (C=O) groups excluding carboxylic acids is 2. The second-order valence-electron chi connectivity index (χ2n) is 5.02. The molecule has 0 saturated carbocycles. The second kappa shape index (κ2) is 10.0. The van der Waals surface area contributed by atoms with Crippen molar-refractivity contribution < 1.29 is 19.1 Å². The molecule has 1 amide bonds. The van der Waals surface area contributed by atoms with Crippen molar-refractivity contribution in [3.63, 3.8) is 0 Å². The lowest BCUT2D eigenvalue weighted by atomic mass is 10.2. The summed E-state index contributed by atoms with van der Waals surface area (Å²) in [6.07, 6.45) is 5.88. The van der Waals surface area contributed by atoms with Gasteiger partial charge in [-0.1, -0.05) is 36.4 Å². The molecule has 134 valence electrons. The first-order chi connectivity index (χ1) is 12.6. The fourth-order valence-electron chi connectivity index (χ4n) is 1.81. The molecule has 2 aromatic rings. The number of benzene rings is 1. The van der Waals surface area contributed by atoms with Crippen LogP contribution in [0.3, 0.4) is 0 Å². The Labute approximate surface area is 156 Å². The number of esters is 1. The molecule has 1 aromatic heterocycles. The molecule has 2 rings (SSSR count). The van der Waals surface area contributed by atoms with Gasteiger partial charge >= 0.3 is 5.97 Å². The molecule has 6 nitrogen and oxygen atoms in total. The van der Waals surface area contributed by atoms with Crippen molar-refractivity contribution in [2.45, 2.75) is 0 Å². The third-order valence-corrected chi connectivity index (χ3v) is 3.22. The number of nitrogens with zero attached hydrogens (tertiary/aromatic N) is 1. The van der Waals surface area contributed by atoms with Crippen LogP contribution in [-0.4, -0.2) is 30.1 Å². The van der Waals surface area contributed by atoms with Gasteiger partial charge in [0.05, 0.1) is 5.02 Å². The van der Waals surface area contributed by atoms with Gasteiger partial charge in [0, 0.05) is 12.3 Å². The predicted octanol–water partition coefficient (Wildman–Crippen LogP) is 3.49. The maximum Gasteiger partial charge on any atom is 0.331 e. The van der Waals surface area contributed by atoms with E-state index >= 15 is 0 Å². The second-order valence-corrected chi connectivity index (χ2v) is 5.46. The normalized spacial score (nSPS) is 10.3. The fourth-order valence-corrected chi connectivity index (χ4v) is 1.92.